The van der Waals surface area contributed by atoms with Gasteiger partial charge in [0.1, 0.15) is 0 Å². The second-order valence-electron chi connectivity index (χ2n) is 4.66. The second kappa shape index (κ2) is 6.56. The number of pyridine rings is 1. The van der Waals surface area contributed by atoms with E-state index in [1.54, 1.807) is 13.3 Å². The summed E-state index contributed by atoms with van der Waals surface area (Å²) in [5, 5.41) is 3.40. The van der Waals surface area contributed by atoms with E-state index < -0.39 is 0 Å². The van der Waals surface area contributed by atoms with Crippen LogP contribution in [0.25, 0.3) is 0 Å². The van der Waals surface area contributed by atoms with Crippen LogP contribution in [0, 0.1) is 0 Å². The lowest BCUT2D eigenvalue weighted by atomic mass is 10.3. The summed E-state index contributed by atoms with van der Waals surface area (Å²) in [4.78, 5) is 8.95. The normalized spacial score (nSPS) is 17.7. The van der Waals surface area contributed by atoms with Gasteiger partial charge in [-0.1, -0.05) is 0 Å². The average Bonchev–Trinajstić information content (AvgIpc) is 2.41. The largest absolute Gasteiger partial charge is 0.481 e. The van der Waals surface area contributed by atoms with E-state index in [-0.39, 0.29) is 0 Å². The fraction of sp³-hybridized carbons (Fsp3) is 0.615. The minimum atomic E-state index is 0.652. The van der Waals surface area contributed by atoms with Gasteiger partial charge in [-0.3, -0.25) is 4.90 Å². The molecule has 0 spiro atoms. The molecule has 2 rings (SSSR count). The van der Waals surface area contributed by atoms with E-state index in [1.807, 2.05) is 12.1 Å². The first-order chi connectivity index (χ1) is 8.78. The molecule has 1 saturated heterocycles. The van der Waals surface area contributed by atoms with Gasteiger partial charge in [-0.2, -0.15) is 0 Å². The van der Waals surface area contributed by atoms with Gasteiger partial charge in [0.2, 0.25) is 5.88 Å². The zero-order chi connectivity index (χ0) is 12.8. The Morgan fingerprint density at radius 3 is 2.83 bits per heavy atom. The van der Waals surface area contributed by atoms with Gasteiger partial charge in [-0.05, 0) is 13.1 Å². The first kappa shape index (κ1) is 13.1. The van der Waals surface area contributed by atoms with Crippen LogP contribution < -0.4 is 10.1 Å². The van der Waals surface area contributed by atoms with Crippen molar-refractivity contribution in [1.29, 1.82) is 0 Å². The number of aromatic nitrogens is 1. The lowest BCUT2D eigenvalue weighted by Gasteiger charge is -2.32. The number of likely N-dealkylation sites (N-methyl/N-ethyl adjacent to an activating group) is 1. The monoisotopic (exact) mass is 250 g/mol. The summed E-state index contributed by atoms with van der Waals surface area (Å²) in [5.74, 6) is 0.652. The van der Waals surface area contributed by atoms with Gasteiger partial charge in [0.15, 0.2) is 0 Å². The summed E-state index contributed by atoms with van der Waals surface area (Å²) in [6, 6.07) is 3.89. The average molecular weight is 250 g/mol. The minimum Gasteiger partial charge on any atom is -0.481 e. The highest BCUT2D eigenvalue weighted by molar-refractivity contribution is 5.44. The highest BCUT2D eigenvalue weighted by atomic mass is 16.5. The Kier molecular flexibility index (Phi) is 4.78. The van der Waals surface area contributed by atoms with Crippen LogP contribution in [0.5, 0.6) is 5.88 Å². The number of nitrogens with zero attached hydrogens (tertiary/aromatic N) is 3. The number of hydrogen-bond donors (Lipinski definition) is 1. The fourth-order valence-electron chi connectivity index (χ4n) is 2.06. The molecule has 18 heavy (non-hydrogen) atoms. The summed E-state index contributed by atoms with van der Waals surface area (Å²) in [6.07, 6.45) is 1.76. The Morgan fingerprint density at radius 2 is 2.11 bits per heavy atom. The van der Waals surface area contributed by atoms with Crippen LogP contribution >= 0.6 is 0 Å². The predicted molar refractivity (Wildman–Crippen MR) is 73.2 cm³/mol. The first-order valence-electron chi connectivity index (χ1n) is 6.43. The summed E-state index contributed by atoms with van der Waals surface area (Å²) in [6.45, 7) is 6.71. The zero-order valence-corrected chi connectivity index (χ0v) is 11.2. The lowest BCUT2D eigenvalue weighted by Crippen LogP contribution is -2.45. The molecular formula is C13H22N4O. The number of methoxy groups -OCH3 is 1. The smallest absolute Gasteiger partial charge is 0.214 e. The van der Waals surface area contributed by atoms with Crippen molar-refractivity contribution in [3.05, 3.63) is 18.3 Å². The third kappa shape index (κ3) is 3.85. The van der Waals surface area contributed by atoms with Gasteiger partial charge < -0.3 is 15.0 Å². The minimum absolute atomic E-state index is 0.652. The van der Waals surface area contributed by atoms with Crippen molar-refractivity contribution in [2.24, 2.45) is 0 Å². The lowest BCUT2D eigenvalue weighted by molar-refractivity contribution is 0.158. The molecule has 1 N–H and O–H groups in total. The molecule has 0 unspecified atom stereocenters. The zero-order valence-electron chi connectivity index (χ0n) is 11.2. The van der Waals surface area contributed by atoms with Crippen LogP contribution in [0.15, 0.2) is 18.3 Å². The summed E-state index contributed by atoms with van der Waals surface area (Å²) in [7, 11) is 3.81. The molecule has 1 aliphatic heterocycles. The van der Waals surface area contributed by atoms with Gasteiger partial charge >= 0.3 is 0 Å². The molecule has 0 bridgehead atoms. The fourth-order valence-corrected chi connectivity index (χ4v) is 2.06. The van der Waals surface area contributed by atoms with Crippen LogP contribution in [0.2, 0.25) is 0 Å². The highest BCUT2D eigenvalue weighted by Crippen LogP contribution is 2.12. The maximum absolute atomic E-state index is 5.10. The number of piperazine rings is 1. The van der Waals surface area contributed by atoms with Crippen LogP contribution in [-0.4, -0.2) is 68.2 Å². The van der Waals surface area contributed by atoms with E-state index in [0.29, 0.717) is 5.88 Å². The molecule has 0 aliphatic carbocycles. The maximum Gasteiger partial charge on any atom is 0.214 e. The molecule has 100 valence electrons. The molecule has 0 amide bonds. The standard InChI is InChI=1S/C13H22N4O/c1-16-7-9-17(10-8-16)6-5-14-12-3-4-15-13(11-12)18-2/h3-4,11H,5-10H2,1-2H3,(H,14,15). The van der Waals surface area contributed by atoms with Crippen molar-refractivity contribution in [1.82, 2.24) is 14.8 Å². The van der Waals surface area contributed by atoms with E-state index in [4.69, 9.17) is 4.74 Å². The van der Waals surface area contributed by atoms with E-state index in [2.05, 4.69) is 27.1 Å². The van der Waals surface area contributed by atoms with E-state index in [1.165, 1.54) is 13.1 Å². The molecule has 1 aromatic heterocycles. The van der Waals surface area contributed by atoms with Crippen LogP contribution in [0.1, 0.15) is 0 Å². The number of hydrogen-bond acceptors (Lipinski definition) is 5. The van der Waals surface area contributed by atoms with Gasteiger partial charge in [0.25, 0.3) is 0 Å². The van der Waals surface area contributed by atoms with Crippen molar-refractivity contribution in [2.45, 2.75) is 0 Å². The van der Waals surface area contributed by atoms with Crippen LogP contribution in [-0.2, 0) is 0 Å². The molecule has 1 aromatic rings. The van der Waals surface area contributed by atoms with Gasteiger partial charge in [0.05, 0.1) is 7.11 Å². The first-order valence-corrected chi connectivity index (χ1v) is 6.43. The predicted octanol–water partition coefficient (Wildman–Crippen LogP) is 0.749. The van der Waals surface area contributed by atoms with E-state index in [0.717, 1.165) is 31.9 Å². The maximum atomic E-state index is 5.10. The van der Waals surface area contributed by atoms with Gasteiger partial charge in [-0.25, -0.2) is 4.98 Å². The molecule has 1 fully saturated rings. The molecule has 5 heteroatoms. The van der Waals surface area contributed by atoms with Crippen molar-refractivity contribution in [3.8, 4) is 5.88 Å². The number of ether oxygens (including phenoxy) is 1. The second-order valence-corrected chi connectivity index (χ2v) is 4.66. The van der Waals surface area contributed by atoms with Crippen molar-refractivity contribution >= 4 is 5.69 Å². The van der Waals surface area contributed by atoms with Crippen LogP contribution in [0.3, 0.4) is 0 Å². The molecule has 1 aliphatic rings. The Labute approximate surface area is 109 Å². The Hall–Kier alpha value is -1.33. The summed E-state index contributed by atoms with van der Waals surface area (Å²) in [5.41, 5.74) is 1.07. The molecule has 5 nitrogen and oxygen atoms in total. The van der Waals surface area contributed by atoms with Crippen molar-refractivity contribution in [3.63, 3.8) is 0 Å². The summed E-state index contributed by atoms with van der Waals surface area (Å²) >= 11 is 0. The van der Waals surface area contributed by atoms with Crippen molar-refractivity contribution in [2.75, 3.05) is 58.7 Å². The number of nitrogens with one attached hydrogen (secondary N) is 1. The van der Waals surface area contributed by atoms with Crippen molar-refractivity contribution < 1.29 is 4.74 Å². The molecule has 0 radical (unpaired) electrons. The topological polar surface area (TPSA) is 40.6 Å². The van der Waals surface area contributed by atoms with Gasteiger partial charge in [-0.15, -0.1) is 0 Å². The van der Waals surface area contributed by atoms with E-state index in [9.17, 15) is 0 Å². The molecule has 0 atom stereocenters. The molecular weight excluding hydrogens is 228 g/mol. The van der Waals surface area contributed by atoms with Gasteiger partial charge in [0, 0.05) is 57.2 Å². The Morgan fingerprint density at radius 1 is 1.33 bits per heavy atom. The highest BCUT2D eigenvalue weighted by Gasteiger charge is 2.12. The third-order valence-electron chi connectivity index (χ3n) is 3.30. The Balaban J connectivity index is 1.71. The third-order valence-corrected chi connectivity index (χ3v) is 3.30. The molecule has 0 saturated carbocycles. The van der Waals surface area contributed by atoms with Crippen LogP contribution in [0.4, 0.5) is 5.69 Å². The number of rotatable bonds is 5. The quantitative estimate of drug-likeness (QED) is 0.835. The SMILES string of the molecule is COc1cc(NCCN2CCN(C)CC2)ccn1. The Bertz CT molecular complexity index is 364. The van der Waals surface area contributed by atoms with E-state index >= 15 is 0 Å². The summed E-state index contributed by atoms with van der Waals surface area (Å²) < 4.78 is 5.10. The molecule has 2 heterocycles. The number of anilines is 1. The molecule has 0 aromatic carbocycles.